The van der Waals surface area contributed by atoms with Crippen LogP contribution in [-0.2, 0) is 0 Å². The SMILES string of the molecule is O=C(Nc1ccc(F)c([N+](=O)[O-])c1)c1cnn(-c2ccccc2F)c1-n1cccc1. The number of nitrogens with one attached hydrogen (secondary N) is 1. The third-order valence-electron chi connectivity index (χ3n) is 4.32. The largest absolute Gasteiger partial charge is 0.322 e. The Labute approximate surface area is 168 Å². The number of rotatable bonds is 5. The summed E-state index contributed by atoms with van der Waals surface area (Å²) in [5, 5.41) is 17.6. The Morgan fingerprint density at radius 3 is 2.47 bits per heavy atom. The van der Waals surface area contributed by atoms with Crippen molar-refractivity contribution in [3.8, 4) is 11.5 Å². The summed E-state index contributed by atoms with van der Waals surface area (Å²) in [5.74, 6) is -1.94. The lowest BCUT2D eigenvalue weighted by Gasteiger charge is -2.12. The second kappa shape index (κ2) is 7.59. The molecule has 2 aromatic heterocycles. The second-order valence-corrected chi connectivity index (χ2v) is 6.21. The molecule has 4 rings (SSSR count). The minimum Gasteiger partial charge on any atom is -0.322 e. The summed E-state index contributed by atoms with van der Waals surface area (Å²) in [7, 11) is 0. The zero-order valence-corrected chi connectivity index (χ0v) is 15.2. The number of nitro benzene ring substituents is 1. The van der Waals surface area contributed by atoms with Crippen molar-refractivity contribution < 1.29 is 18.5 Å². The average molecular weight is 409 g/mol. The molecule has 0 bridgehead atoms. The van der Waals surface area contributed by atoms with Gasteiger partial charge in [0.2, 0.25) is 5.82 Å². The van der Waals surface area contributed by atoms with Gasteiger partial charge in [-0.15, -0.1) is 0 Å². The monoisotopic (exact) mass is 409 g/mol. The Morgan fingerprint density at radius 1 is 1.03 bits per heavy atom. The first kappa shape index (κ1) is 19.0. The Morgan fingerprint density at radius 2 is 1.77 bits per heavy atom. The molecular weight excluding hydrogens is 396 g/mol. The lowest BCUT2D eigenvalue weighted by Crippen LogP contribution is -2.16. The summed E-state index contributed by atoms with van der Waals surface area (Å²) in [6, 6.07) is 12.4. The van der Waals surface area contributed by atoms with E-state index < -0.39 is 28.2 Å². The van der Waals surface area contributed by atoms with Crippen molar-refractivity contribution in [3.05, 3.63) is 101 Å². The van der Waals surface area contributed by atoms with E-state index in [1.165, 1.54) is 35.1 Å². The summed E-state index contributed by atoms with van der Waals surface area (Å²) in [4.78, 5) is 22.9. The number of hydrogen-bond donors (Lipinski definition) is 1. The molecule has 1 N–H and O–H groups in total. The van der Waals surface area contributed by atoms with Crippen LogP contribution < -0.4 is 5.32 Å². The summed E-state index contributed by atoms with van der Waals surface area (Å²) >= 11 is 0. The second-order valence-electron chi connectivity index (χ2n) is 6.21. The van der Waals surface area contributed by atoms with Gasteiger partial charge in [-0.3, -0.25) is 14.9 Å². The van der Waals surface area contributed by atoms with Crippen LogP contribution >= 0.6 is 0 Å². The number of aromatic nitrogens is 3. The summed E-state index contributed by atoms with van der Waals surface area (Å²) < 4.78 is 30.8. The van der Waals surface area contributed by atoms with Gasteiger partial charge in [0, 0.05) is 24.1 Å². The molecule has 0 saturated heterocycles. The Hall–Kier alpha value is -4.34. The number of carbonyl (C=O) groups excluding carboxylic acids is 1. The molecular formula is C20H13F2N5O3. The van der Waals surface area contributed by atoms with Crippen molar-refractivity contribution in [2.45, 2.75) is 0 Å². The van der Waals surface area contributed by atoms with E-state index in [2.05, 4.69) is 10.4 Å². The quantitative estimate of drug-likeness (QED) is 0.397. The molecule has 10 heteroatoms. The molecule has 0 aliphatic heterocycles. The van der Waals surface area contributed by atoms with Gasteiger partial charge in [-0.2, -0.15) is 9.49 Å². The van der Waals surface area contributed by atoms with Gasteiger partial charge in [0.05, 0.1) is 11.1 Å². The Balaban J connectivity index is 1.76. The van der Waals surface area contributed by atoms with Gasteiger partial charge in [-0.25, -0.2) is 9.07 Å². The van der Waals surface area contributed by atoms with Crippen molar-refractivity contribution in [2.24, 2.45) is 0 Å². The van der Waals surface area contributed by atoms with E-state index in [0.29, 0.717) is 0 Å². The molecule has 2 aromatic carbocycles. The molecule has 4 aromatic rings. The van der Waals surface area contributed by atoms with E-state index in [-0.39, 0.29) is 22.8 Å². The van der Waals surface area contributed by atoms with Crippen LogP contribution in [0.25, 0.3) is 11.5 Å². The van der Waals surface area contributed by atoms with Crippen LogP contribution in [0.1, 0.15) is 10.4 Å². The Kier molecular flexibility index (Phi) is 4.80. The minimum atomic E-state index is -1.02. The number of nitro groups is 1. The molecule has 1 amide bonds. The predicted molar refractivity (Wildman–Crippen MR) is 104 cm³/mol. The highest BCUT2D eigenvalue weighted by molar-refractivity contribution is 6.06. The fraction of sp³-hybridized carbons (Fsp3) is 0. The topological polar surface area (TPSA) is 95.0 Å². The summed E-state index contributed by atoms with van der Waals surface area (Å²) in [6.45, 7) is 0. The fourth-order valence-electron chi connectivity index (χ4n) is 2.95. The van der Waals surface area contributed by atoms with E-state index in [0.717, 1.165) is 12.1 Å². The zero-order valence-electron chi connectivity index (χ0n) is 15.2. The molecule has 0 aliphatic carbocycles. The van der Waals surface area contributed by atoms with Crippen molar-refractivity contribution in [1.29, 1.82) is 0 Å². The van der Waals surface area contributed by atoms with Crippen LogP contribution in [-0.4, -0.2) is 25.2 Å². The van der Waals surface area contributed by atoms with E-state index in [4.69, 9.17) is 0 Å². The van der Waals surface area contributed by atoms with Gasteiger partial charge in [-0.05, 0) is 36.4 Å². The molecule has 2 heterocycles. The maximum Gasteiger partial charge on any atom is 0.306 e. The highest BCUT2D eigenvalue weighted by Crippen LogP contribution is 2.25. The number of amides is 1. The van der Waals surface area contributed by atoms with E-state index in [1.807, 2.05) is 0 Å². The number of halogens is 2. The normalized spacial score (nSPS) is 10.7. The number of nitrogens with zero attached hydrogens (tertiary/aromatic N) is 4. The molecule has 30 heavy (non-hydrogen) atoms. The maximum atomic E-state index is 14.3. The standard InChI is InChI=1S/C20H13F2N5O3/c21-15-5-1-2-6-17(15)26-20(25-9-3-4-10-25)14(12-23-26)19(28)24-13-7-8-16(22)18(11-13)27(29)30/h1-12H,(H,24,28). The van der Waals surface area contributed by atoms with Crippen LogP contribution in [0.5, 0.6) is 0 Å². The number of carbonyl (C=O) groups is 1. The van der Waals surface area contributed by atoms with Gasteiger partial charge >= 0.3 is 5.69 Å². The van der Waals surface area contributed by atoms with Crippen LogP contribution in [0.15, 0.2) is 73.2 Å². The van der Waals surface area contributed by atoms with Gasteiger partial charge in [0.15, 0.2) is 5.82 Å². The molecule has 0 atom stereocenters. The van der Waals surface area contributed by atoms with E-state index >= 15 is 0 Å². The molecule has 0 radical (unpaired) electrons. The van der Waals surface area contributed by atoms with Gasteiger partial charge in [-0.1, -0.05) is 12.1 Å². The molecule has 0 unspecified atom stereocenters. The average Bonchev–Trinajstić information content (AvgIpc) is 3.39. The van der Waals surface area contributed by atoms with Gasteiger partial charge in [0.1, 0.15) is 17.1 Å². The van der Waals surface area contributed by atoms with Crippen LogP contribution in [0.3, 0.4) is 0 Å². The zero-order chi connectivity index (χ0) is 21.3. The number of benzene rings is 2. The molecule has 0 fully saturated rings. The Bertz CT molecular complexity index is 1250. The molecule has 0 aliphatic rings. The van der Waals surface area contributed by atoms with Crippen molar-refractivity contribution in [1.82, 2.24) is 14.3 Å². The molecule has 150 valence electrons. The predicted octanol–water partition coefficient (Wildman–Crippen LogP) is 4.10. The van der Waals surface area contributed by atoms with Gasteiger partial charge in [0.25, 0.3) is 5.91 Å². The smallest absolute Gasteiger partial charge is 0.306 e. The first-order valence-electron chi connectivity index (χ1n) is 8.67. The third kappa shape index (κ3) is 3.41. The van der Waals surface area contributed by atoms with Gasteiger partial charge < -0.3 is 9.88 Å². The molecule has 0 spiro atoms. The minimum absolute atomic E-state index is 0.0326. The lowest BCUT2D eigenvalue weighted by molar-refractivity contribution is -0.387. The van der Waals surface area contributed by atoms with Crippen molar-refractivity contribution >= 4 is 17.3 Å². The van der Waals surface area contributed by atoms with Crippen LogP contribution in [0.4, 0.5) is 20.2 Å². The van der Waals surface area contributed by atoms with Crippen LogP contribution in [0, 0.1) is 21.7 Å². The summed E-state index contributed by atoms with van der Waals surface area (Å²) in [5.41, 5.74) is -0.509. The van der Waals surface area contributed by atoms with Crippen molar-refractivity contribution in [3.63, 3.8) is 0 Å². The highest BCUT2D eigenvalue weighted by atomic mass is 19.1. The summed E-state index contributed by atoms with van der Waals surface area (Å²) in [6.07, 6.45) is 4.58. The lowest BCUT2D eigenvalue weighted by atomic mass is 10.2. The van der Waals surface area contributed by atoms with Crippen molar-refractivity contribution in [2.75, 3.05) is 5.32 Å². The number of hydrogen-bond acceptors (Lipinski definition) is 4. The first-order valence-corrected chi connectivity index (χ1v) is 8.67. The number of para-hydroxylation sites is 1. The first-order chi connectivity index (χ1) is 14.5. The fourth-order valence-corrected chi connectivity index (χ4v) is 2.95. The molecule has 0 saturated carbocycles. The maximum absolute atomic E-state index is 14.3. The third-order valence-corrected chi connectivity index (χ3v) is 4.32. The van der Waals surface area contributed by atoms with E-state index in [9.17, 15) is 23.7 Å². The van der Waals surface area contributed by atoms with E-state index in [1.54, 1.807) is 35.2 Å². The molecule has 8 nitrogen and oxygen atoms in total. The van der Waals surface area contributed by atoms with Crippen LogP contribution in [0.2, 0.25) is 0 Å². The number of anilines is 1. The highest BCUT2D eigenvalue weighted by Gasteiger charge is 2.22.